The Labute approximate surface area is 136 Å². The molecule has 0 saturated carbocycles. The predicted molar refractivity (Wildman–Crippen MR) is 84.0 cm³/mol. The molecule has 9 heteroatoms. The van der Waals surface area contributed by atoms with E-state index in [1.165, 1.54) is 11.8 Å². The minimum atomic E-state index is -0.0548. The van der Waals surface area contributed by atoms with Gasteiger partial charge < -0.3 is 4.74 Å². The Morgan fingerprint density at radius 2 is 1.95 bits per heavy atom. The SMILES string of the molecule is CC(C)Oc1nc(NN)nc(Sc2ccc(Cl)c(Cl)c2)n1. The van der Waals surface area contributed by atoms with Gasteiger partial charge in [-0.05, 0) is 43.8 Å². The fourth-order valence-corrected chi connectivity index (χ4v) is 2.50. The van der Waals surface area contributed by atoms with Crippen LogP contribution in [-0.4, -0.2) is 21.1 Å². The van der Waals surface area contributed by atoms with E-state index in [1.54, 1.807) is 12.1 Å². The van der Waals surface area contributed by atoms with Crippen molar-refractivity contribution >= 4 is 40.9 Å². The minimum Gasteiger partial charge on any atom is -0.461 e. The van der Waals surface area contributed by atoms with Crippen molar-refractivity contribution in [3.8, 4) is 6.01 Å². The van der Waals surface area contributed by atoms with Crippen LogP contribution in [0.3, 0.4) is 0 Å². The summed E-state index contributed by atoms with van der Waals surface area (Å²) in [4.78, 5) is 13.2. The van der Waals surface area contributed by atoms with E-state index in [0.29, 0.717) is 15.2 Å². The van der Waals surface area contributed by atoms with Crippen molar-refractivity contribution in [2.24, 2.45) is 5.84 Å². The third kappa shape index (κ3) is 4.60. The van der Waals surface area contributed by atoms with Gasteiger partial charge in [-0.15, -0.1) is 0 Å². The molecule has 2 aromatic rings. The zero-order valence-electron chi connectivity index (χ0n) is 11.3. The van der Waals surface area contributed by atoms with Gasteiger partial charge in [-0.1, -0.05) is 23.2 Å². The first-order valence-electron chi connectivity index (χ1n) is 6.00. The molecular weight excluding hydrogens is 333 g/mol. The van der Waals surface area contributed by atoms with Gasteiger partial charge >= 0.3 is 6.01 Å². The highest BCUT2D eigenvalue weighted by Gasteiger charge is 2.10. The second-order valence-corrected chi connectivity index (χ2v) is 6.07. The first-order valence-corrected chi connectivity index (χ1v) is 7.57. The van der Waals surface area contributed by atoms with Gasteiger partial charge in [0.2, 0.25) is 11.1 Å². The molecule has 1 aromatic carbocycles. The van der Waals surface area contributed by atoms with Gasteiger partial charge in [0.1, 0.15) is 0 Å². The number of hydrazine groups is 1. The highest BCUT2D eigenvalue weighted by molar-refractivity contribution is 7.99. The predicted octanol–water partition coefficient (Wildman–Crippen LogP) is 3.40. The van der Waals surface area contributed by atoms with Crippen LogP contribution in [0.15, 0.2) is 28.3 Å². The molecule has 1 heterocycles. The van der Waals surface area contributed by atoms with Gasteiger partial charge in [0, 0.05) is 4.90 Å². The lowest BCUT2D eigenvalue weighted by molar-refractivity contribution is 0.219. The van der Waals surface area contributed by atoms with Crippen LogP contribution in [0.2, 0.25) is 10.0 Å². The van der Waals surface area contributed by atoms with Crippen molar-refractivity contribution in [1.82, 2.24) is 15.0 Å². The number of nitrogens with one attached hydrogen (secondary N) is 1. The molecule has 0 fully saturated rings. The fourth-order valence-electron chi connectivity index (χ4n) is 1.36. The Hall–Kier alpha value is -1.28. The Morgan fingerprint density at radius 1 is 1.19 bits per heavy atom. The quantitative estimate of drug-likeness (QED) is 0.634. The normalized spacial score (nSPS) is 10.8. The number of nitrogens with two attached hydrogens (primary N) is 1. The van der Waals surface area contributed by atoms with Crippen LogP contribution in [0, 0.1) is 0 Å². The number of hydrogen-bond acceptors (Lipinski definition) is 7. The van der Waals surface area contributed by atoms with Crippen molar-refractivity contribution in [2.45, 2.75) is 30.0 Å². The molecule has 0 atom stereocenters. The number of aromatic nitrogens is 3. The molecule has 0 radical (unpaired) electrons. The molecule has 2 rings (SSSR count). The summed E-state index contributed by atoms with van der Waals surface area (Å²) in [5.41, 5.74) is 2.38. The van der Waals surface area contributed by atoms with E-state index >= 15 is 0 Å². The largest absolute Gasteiger partial charge is 0.461 e. The van der Waals surface area contributed by atoms with Crippen LogP contribution in [0.1, 0.15) is 13.8 Å². The molecule has 0 aliphatic carbocycles. The monoisotopic (exact) mass is 345 g/mol. The minimum absolute atomic E-state index is 0.0548. The topological polar surface area (TPSA) is 86.0 Å². The fraction of sp³-hybridized carbons (Fsp3) is 0.250. The standard InChI is InChI=1S/C12H13Cl2N5OS/c1-6(2)20-11-16-10(19-15)17-12(18-11)21-7-3-4-8(13)9(14)5-7/h3-6H,15H2,1-2H3,(H,16,17,18,19). The van der Waals surface area contributed by atoms with Gasteiger partial charge in [0.15, 0.2) is 0 Å². The summed E-state index contributed by atoms with van der Waals surface area (Å²) in [5, 5.41) is 1.39. The molecule has 112 valence electrons. The second kappa shape index (κ2) is 7.13. The Kier molecular flexibility index (Phi) is 5.46. The lowest BCUT2D eigenvalue weighted by Crippen LogP contribution is -2.14. The first-order chi connectivity index (χ1) is 9.97. The van der Waals surface area contributed by atoms with Gasteiger partial charge in [0.05, 0.1) is 16.1 Å². The maximum atomic E-state index is 5.98. The van der Waals surface area contributed by atoms with E-state index in [2.05, 4.69) is 20.4 Å². The molecule has 0 saturated heterocycles. The van der Waals surface area contributed by atoms with Crippen LogP contribution >= 0.6 is 35.0 Å². The average molecular weight is 346 g/mol. The van der Waals surface area contributed by atoms with Gasteiger partial charge in [0.25, 0.3) is 0 Å². The number of ether oxygens (including phenoxy) is 1. The molecule has 0 spiro atoms. The molecule has 0 aliphatic heterocycles. The maximum Gasteiger partial charge on any atom is 0.322 e. The lowest BCUT2D eigenvalue weighted by atomic mass is 10.4. The number of hydrogen-bond donors (Lipinski definition) is 2. The first kappa shape index (κ1) is 16.1. The number of anilines is 1. The van der Waals surface area contributed by atoms with Crippen molar-refractivity contribution < 1.29 is 4.74 Å². The van der Waals surface area contributed by atoms with Gasteiger partial charge in [-0.3, -0.25) is 5.43 Å². The average Bonchev–Trinajstić information content (AvgIpc) is 2.42. The van der Waals surface area contributed by atoms with Crippen LogP contribution in [0.25, 0.3) is 0 Å². The smallest absolute Gasteiger partial charge is 0.322 e. The number of benzene rings is 1. The number of rotatable bonds is 5. The van der Waals surface area contributed by atoms with E-state index in [-0.39, 0.29) is 18.1 Å². The van der Waals surface area contributed by atoms with Crippen LogP contribution in [0.5, 0.6) is 6.01 Å². The number of nitrogens with zero attached hydrogens (tertiary/aromatic N) is 3. The summed E-state index contributed by atoms with van der Waals surface area (Å²) in [6.45, 7) is 3.76. The summed E-state index contributed by atoms with van der Waals surface area (Å²) in [5.74, 6) is 5.57. The summed E-state index contributed by atoms with van der Waals surface area (Å²) in [6, 6.07) is 5.47. The lowest BCUT2D eigenvalue weighted by Gasteiger charge is -2.10. The second-order valence-electron chi connectivity index (χ2n) is 4.21. The van der Waals surface area contributed by atoms with Crippen LogP contribution in [0.4, 0.5) is 5.95 Å². The summed E-state index contributed by atoms with van der Waals surface area (Å²) in [7, 11) is 0. The molecular formula is C12H13Cl2N5OS. The number of halogens is 2. The summed E-state index contributed by atoms with van der Waals surface area (Å²) >= 11 is 13.2. The van der Waals surface area contributed by atoms with Crippen molar-refractivity contribution in [3.05, 3.63) is 28.2 Å². The van der Waals surface area contributed by atoms with Crippen molar-refractivity contribution in [1.29, 1.82) is 0 Å². The van der Waals surface area contributed by atoms with E-state index in [0.717, 1.165) is 4.90 Å². The molecule has 3 N–H and O–H groups in total. The molecule has 0 unspecified atom stereocenters. The van der Waals surface area contributed by atoms with E-state index in [9.17, 15) is 0 Å². The Bertz CT molecular complexity index is 641. The van der Waals surface area contributed by atoms with E-state index in [4.69, 9.17) is 33.8 Å². The summed E-state index contributed by atoms with van der Waals surface area (Å²) in [6.07, 6.45) is -0.0548. The Balaban J connectivity index is 2.27. The molecule has 21 heavy (non-hydrogen) atoms. The molecule has 0 aliphatic rings. The van der Waals surface area contributed by atoms with Crippen LogP contribution < -0.4 is 16.0 Å². The highest BCUT2D eigenvalue weighted by Crippen LogP contribution is 2.31. The van der Waals surface area contributed by atoms with Gasteiger partial charge in [-0.25, -0.2) is 5.84 Å². The molecule has 1 aromatic heterocycles. The van der Waals surface area contributed by atoms with Crippen molar-refractivity contribution in [2.75, 3.05) is 5.43 Å². The van der Waals surface area contributed by atoms with Crippen molar-refractivity contribution in [3.63, 3.8) is 0 Å². The zero-order chi connectivity index (χ0) is 15.4. The highest BCUT2D eigenvalue weighted by atomic mass is 35.5. The number of nitrogen functional groups attached to an aromatic ring is 1. The van der Waals surface area contributed by atoms with E-state index in [1.807, 2.05) is 19.9 Å². The third-order valence-electron chi connectivity index (χ3n) is 2.16. The van der Waals surface area contributed by atoms with E-state index < -0.39 is 0 Å². The molecule has 0 bridgehead atoms. The van der Waals surface area contributed by atoms with Gasteiger partial charge in [-0.2, -0.15) is 15.0 Å². The molecule has 6 nitrogen and oxygen atoms in total. The Morgan fingerprint density at radius 3 is 2.57 bits per heavy atom. The third-order valence-corrected chi connectivity index (χ3v) is 3.76. The maximum absolute atomic E-state index is 5.98. The summed E-state index contributed by atoms with van der Waals surface area (Å²) < 4.78 is 5.46. The molecule has 0 amide bonds. The van der Waals surface area contributed by atoms with Crippen LogP contribution in [-0.2, 0) is 0 Å². The zero-order valence-corrected chi connectivity index (χ0v) is 13.6.